The molecule has 0 aromatic heterocycles. The van der Waals surface area contributed by atoms with Crippen LogP contribution in [0.4, 0.5) is 0 Å². The number of sulfonamides is 1. The zero-order chi connectivity index (χ0) is 18.6. The molecule has 0 bridgehead atoms. The Morgan fingerprint density at radius 1 is 1.16 bits per heavy atom. The molecule has 0 aliphatic heterocycles. The lowest BCUT2D eigenvalue weighted by molar-refractivity contribution is -0.138. The van der Waals surface area contributed by atoms with Crippen LogP contribution in [0.15, 0.2) is 47.4 Å². The van der Waals surface area contributed by atoms with E-state index in [4.69, 9.17) is 27.9 Å². The molecule has 0 amide bonds. The van der Waals surface area contributed by atoms with Crippen molar-refractivity contribution in [3.8, 4) is 5.75 Å². The van der Waals surface area contributed by atoms with Crippen molar-refractivity contribution in [1.82, 2.24) is 4.72 Å². The summed E-state index contributed by atoms with van der Waals surface area (Å²) in [4.78, 5) is 11.3. The van der Waals surface area contributed by atoms with Gasteiger partial charge in [0, 0.05) is 0 Å². The maximum absolute atomic E-state index is 12.4. The minimum absolute atomic E-state index is 0.0279. The van der Waals surface area contributed by atoms with E-state index in [0.29, 0.717) is 11.3 Å². The van der Waals surface area contributed by atoms with E-state index in [0.717, 1.165) is 0 Å². The van der Waals surface area contributed by atoms with Crippen molar-refractivity contribution < 1.29 is 23.1 Å². The van der Waals surface area contributed by atoms with E-state index in [1.54, 1.807) is 24.3 Å². The second kappa shape index (κ2) is 8.05. The Hall–Kier alpha value is -1.80. The van der Waals surface area contributed by atoms with Crippen LogP contribution in [0.5, 0.6) is 5.75 Å². The van der Waals surface area contributed by atoms with Crippen LogP contribution in [0, 0.1) is 0 Å². The predicted octanol–water partition coefficient (Wildman–Crippen LogP) is 2.98. The van der Waals surface area contributed by atoms with Gasteiger partial charge in [0.05, 0.1) is 22.1 Å². The average molecular weight is 404 g/mol. The first kappa shape index (κ1) is 19.5. The third-order valence-corrected chi connectivity index (χ3v) is 5.60. The summed E-state index contributed by atoms with van der Waals surface area (Å²) in [5.74, 6) is -0.675. The smallest absolute Gasteiger partial charge is 0.322 e. The number of aliphatic carboxylic acids is 1. The maximum Gasteiger partial charge on any atom is 0.322 e. The van der Waals surface area contributed by atoms with Crippen LogP contribution in [0.3, 0.4) is 0 Å². The number of ether oxygens (including phenoxy) is 1. The summed E-state index contributed by atoms with van der Waals surface area (Å²) in [7, 11) is -2.56. The largest absolute Gasteiger partial charge is 0.497 e. The SMILES string of the molecule is COc1ccc(CC(NS(=O)(=O)c2ccc(Cl)c(Cl)c2)C(=O)O)cc1. The molecule has 9 heteroatoms. The lowest BCUT2D eigenvalue weighted by atomic mass is 10.1. The van der Waals surface area contributed by atoms with Gasteiger partial charge in [-0.05, 0) is 42.3 Å². The Morgan fingerprint density at radius 2 is 1.80 bits per heavy atom. The fourth-order valence-electron chi connectivity index (χ4n) is 2.08. The highest BCUT2D eigenvalue weighted by molar-refractivity contribution is 7.89. The number of carbonyl (C=O) groups is 1. The lowest BCUT2D eigenvalue weighted by Gasteiger charge is -2.15. The third kappa shape index (κ3) is 5.09. The normalized spacial score (nSPS) is 12.6. The molecule has 0 radical (unpaired) electrons. The molecule has 0 saturated heterocycles. The molecule has 0 aliphatic carbocycles. The van der Waals surface area contributed by atoms with Gasteiger partial charge >= 0.3 is 5.97 Å². The van der Waals surface area contributed by atoms with Gasteiger partial charge in [-0.2, -0.15) is 4.72 Å². The van der Waals surface area contributed by atoms with Crippen LogP contribution in [0.1, 0.15) is 5.56 Å². The van der Waals surface area contributed by atoms with E-state index in [9.17, 15) is 18.3 Å². The maximum atomic E-state index is 12.4. The molecule has 134 valence electrons. The molecule has 0 spiro atoms. The summed E-state index contributed by atoms with van der Waals surface area (Å²) in [5.41, 5.74) is 0.644. The highest BCUT2D eigenvalue weighted by Gasteiger charge is 2.26. The Bertz CT molecular complexity index is 869. The van der Waals surface area contributed by atoms with E-state index in [1.165, 1.54) is 25.3 Å². The third-order valence-electron chi connectivity index (χ3n) is 3.40. The Morgan fingerprint density at radius 3 is 2.32 bits per heavy atom. The van der Waals surface area contributed by atoms with E-state index in [-0.39, 0.29) is 21.4 Å². The van der Waals surface area contributed by atoms with Crippen molar-refractivity contribution >= 4 is 39.2 Å². The number of halogens is 2. The van der Waals surface area contributed by atoms with Gasteiger partial charge in [-0.3, -0.25) is 4.79 Å². The van der Waals surface area contributed by atoms with Crippen molar-refractivity contribution in [2.45, 2.75) is 17.4 Å². The highest BCUT2D eigenvalue weighted by atomic mass is 35.5. The quantitative estimate of drug-likeness (QED) is 0.740. The first-order valence-electron chi connectivity index (χ1n) is 7.06. The van der Waals surface area contributed by atoms with Crippen molar-refractivity contribution in [2.24, 2.45) is 0 Å². The van der Waals surface area contributed by atoms with Gasteiger partial charge in [-0.1, -0.05) is 35.3 Å². The summed E-state index contributed by atoms with van der Waals surface area (Å²) in [6.07, 6.45) is -0.0279. The topological polar surface area (TPSA) is 92.7 Å². The summed E-state index contributed by atoms with van der Waals surface area (Å²) >= 11 is 11.6. The molecule has 2 aromatic rings. The summed E-state index contributed by atoms with van der Waals surface area (Å²) in [6, 6.07) is 9.08. The van der Waals surface area contributed by atoms with Crippen LogP contribution in [-0.2, 0) is 21.2 Å². The molecule has 0 aliphatic rings. The van der Waals surface area contributed by atoms with Crippen LogP contribution in [0.2, 0.25) is 10.0 Å². The predicted molar refractivity (Wildman–Crippen MR) is 94.9 cm³/mol. The fourth-order valence-corrected chi connectivity index (χ4v) is 3.65. The summed E-state index contributed by atoms with van der Waals surface area (Å²) in [5, 5.41) is 9.61. The zero-order valence-electron chi connectivity index (χ0n) is 13.1. The van der Waals surface area contributed by atoms with Gasteiger partial charge in [0.25, 0.3) is 0 Å². The molecule has 1 unspecified atom stereocenters. The molecular formula is C16H15Cl2NO5S. The second-order valence-corrected chi connectivity index (χ2v) is 7.67. The van der Waals surface area contributed by atoms with Crippen LogP contribution in [0.25, 0.3) is 0 Å². The molecule has 0 saturated carbocycles. The number of benzene rings is 2. The molecule has 1 atom stereocenters. The Kier molecular flexibility index (Phi) is 6.29. The molecule has 25 heavy (non-hydrogen) atoms. The minimum atomic E-state index is -4.08. The van der Waals surface area contributed by atoms with Gasteiger partial charge in [0.15, 0.2) is 0 Å². The number of rotatable bonds is 7. The highest BCUT2D eigenvalue weighted by Crippen LogP contribution is 2.25. The summed E-state index contributed by atoms with van der Waals surface area (Å²) in [6.45, 7) is 0. The number of methoxy groups -OCH3 is 1. The Labute approximate surface area is 155 Å². The fraction of sp³-hybridized carbons (Fsp3) is 0.188. The van der Waals surface area contributed by atoms with Crippen molar-refractivity contribution in [1.29, 1.82) is 0 Å². The van der Waals surface area contributed by atoms with E-state index in [1.807, 2.05) is 0 Å². The second-order valence-electron chi connectivity index (χ2n) is 5.14. The van der Waals surface area contributed by atoms with E-state index < -0.39 is 22.0 Å². The van der Waals surface area contributed by atoms with Gasteiger partial charge in [0.2, 0.25) is 10.0 Å². The number of carboxylic acid groups (broad SMARTS) is 1. The molecule has 0 fully saturated rings. The van der Waals surface area contributed by atoms with Crippen LogP contribution >= 0.6 is 23.2 Å². The number of carboxylic acids is 1. The van der Waals surface area contributed by atoms with Crippen LogP contribution < -0.4 is 9.46 Å². The molecule has 6 nitrogen and oxygen atoms in total. The number of hydrogen-bond acceptors (Lipinski definition) is 4. The molecule has 2 aromatic carbocycles. The minimum Gasteiger partial charge on any atom is -0.497 e. The van der Waals surface area contributed by atoms with Gasteiger partial charge < -0.3 is 9.84 Å². The van der Waals surface area contributed by atoms with Crippen molar-refractivity contribution in [3.05, 3.63) is 58.1 Å². The van der Waals surface area contributed by atoms with Crippen molar-refractivity contribution in [2.75, 3.05) is 7.11 Å². The first-order valence-corrected chi connectivity index (χ1v) is 9.30. The zero-order valence-corrected chi connectivity index (χ0v) is 15.4. The average Bonchev–Trinajstić information content (AvgIpc) is 2.57. The Balaban J connectivity index is 2.22. The summed E-state index contributed by atoms with van der Waals surface area (Å²) < 4.78 is 32.0. The number of hydrogen-bond donors (Lipinski definition) is 2. The monoisotopic (exact) mass is 403 g/mol. The molecule has 2 rings (SSSR count). The molecule has 0 heterocycles. The number of nitrogens with one attached hydrogen (secondary N) is 1. The molecular weight excluding hydrogens is 389 g/mol. The van der Waals surface area contributed by atoms with Crippen LogP contribution in [-0.4, -0.2) is 32.6 Å². The van der Waals surface area contributed by atoms with Gasteiger partial charge in [0.1, 0.15) is 11.8 Å². The van der Waals surface area contributed by atoms with Gasteiger partial charge in [-0.25, -0.2) is 8.42 Å². The standard InChI is InChI=1S/C16H15Cl2NO5S/c1-24-11-4-2-10(3-5-11)8-15(16(20)21)19-25(22,23)12-6-7-13(17)14(18)9-12/h2-7,9,15,19H,8H2,1H3,(H,20,21). The molecule has 2 N–H and O–H groups in total. The van der Waals surface area contributed by atoms with Gasteiger partial charge in [-0.15, -0.1) is 0 Å². The van der Waals surface area contributed by atoms with Crippen molar-refractivity contribution in [3.63, 3.8) is 0 Å². The van der Waals surface area contributed by atoms with E-state index >= 15 is 0 Å². The first-order chi connectivity index (χ1) is 11.7. The lowest BCUT2D eigenvalue weighted by Crippen LogP contribution is -2.42. The van der Waals surface area contributed by atoms with E-state index in [2.05, 4.69) is 4.72 Å².